The molecule has 0 aliphatic rings. The summed E-state index contributed by atoms with van der Waals surface area (Å²) >= 11 is 12.4. The number of benzene rings is 3. The maximum Gasteiger partial charge on any atom is 0.244 e. The topological polar surface area (TPSA) is 104 Å². The molecule has 11 heteroatoms. The van der Waals surface area contributed by atoms with Gasteiger partial charge in [0.1, 0.15) is 12.6 Å². The van der Waals surface area contributed by atoms with Crippen LogP contribution in [0.1, 0.15) is 41.8 Å². The van der Waals surface area contributed by atoms with E-state index in [2.05, 4.69) is 5.32 Å². The summed E-state index contributed by atoms with van der Waals surface area (Å²) in [4.78, 5) is 40.9. The molecule has 41 heavy (non-hydrogen) atoms. The third-order valence-electron chi connectivity index (χ3n) is 6.38. The van der Waals surface area contributed by atoms with Gasteiger partial charge in [-0.25, -0.2) is 8.42 Å². The van der Waals surface area contributed by atoms with Crippen molar-refractivity contribution in [3.8, 4) is 0 Å². The molecule has 0 aromatic heterocycles. The number of nitrogens with zero attached hydrogens (tertiary/aromatic N) is 2. The molecular weight excluding hydrogens is 585 g/mol. The number of ketones is 1. The molecular formula is C30H33Cl2N3O5S. The van der Waals surface area contributed by atoms with Crippen molar-refractivity contribution in [2.24, 2.45) is 0 Å². The van der Waals surface area contributed by atoms with Crippen molar-refractivity contribution in [2.75, 3.05) is 23.7 Å². The van der Waals surface area contributed by atoms with Crippen molar-refractivity contribution >= 4 is 56.5 Å². The van der Waals surface area contributed by atoms with Gasteiger partial charge in [-0.2, -0.15) is 0 Å². The lowest BCUT2D eigenvalue weighted by molar-refractivity contribution is -0.140. The number of nitrogens with one attached hydrogen (secondary N) is 1. The van der Waals surface area contributed by atoms with Crippen LogP contribution < -0.4 is 9.62 Å². The maximum atomic E-state index is 14.1. The summed E-state index contributed by atoms with van der Waals surface area (Å²) in [6.07, 6.45) is 1.88. The summed E-state index contributed by atoms with van der Waals surface area (Å²) in [5, 5.41) is 3.50. The Kier molecular flexibility index (Phi) is 11.3. The third kappa shape index (κ3) is 9.05. The smallest absolute Gasteiger partial charge is 0.244 e. The van der Waals surface area contributed by atoms with Crippen molar-refractivity contribution in [1.29, 1.82) is 0 Å². The van der Waals surface area contributed by atoms with Crippen molar-refractivity contribution in [2.45, 2.75) is 39.3 Å². The van der Waals surface area contributed by atoms with E-state index >= 15 is 0 Å². The van der Waals surface area contributed by atoms with Crippen molar-refractivity contribution in [1.82, 2.24) is 10.2 Å². The van der Waals surface area contributed by atoms with Crippen molar-refractivity contribution in [3.63, 3.8) is 0 Å². The molecule has 0 saturated carbocycles. The standard InChI is InChI=1S/C30H33Cl2N3O5S/c1-4-15-33-30(38)28(17-22-9-6-5-7-10-22)34(19-23-13-14-26(31)27(32)16-23)29(37)20-35(41(3,39)40)25-12-8-11-24(18-25)21(2)36/h5-14,16,18,28H,4,15,17,19-20H2,1-3H3,(H,33,38)/t28-/m0/s1. The number of sulfonamides is 1. The highest BCUT2D eigenvalue weighted by Gasteiger charge is 2.33. The van der Waals surface area contributed by atoms with Gasteiger partial charge in [-0.3, -0.25) is 18.7 Å². The Bertz CT molecular complexity index is 1500. The van der Waals surface area contributed by atoms with E-state index in [1.54, 1.807) is 30.3 Å². The molecule has 2 amide bonds. The van der Waals surface area contributed by atoms with Gasteiger partial charge < -0.3 is 10.2 Å². The van der Waals surface area contributed by atoms with E-state index in [1.807, 2.05) is 37.3 Å². The number of anilines is 1. The van der Waals surface area contributed by atoms with E-state index in [4.69, 9.17) is 23.2 Å². The quantitative estimate of drug-likeness (QED) is 0.268. The highest BCUT2D eigenvalue weighted by Crippen LogP contribution is 2.25. The van der Waals surface area contributed by atoms with Crippen molar-refractivity contribution in [3.05, 3.63) is 99.5 Å². The van der Waals surface area contributed by atoms with E-state index in [9.17, 15) is 22.8 Å². The van der Waals surface area contributed by atoms with Crippen molar-refractivity contribution < 1.29 is 22.8 Å². The Balaban J connectivity index is 2.08. The lowest BCUT2D eigenvalue weighted by Gasteiger charge is -2.33. The molecule has 8 nitrogen and oxygen atoms in total. The normalized spacial score (nSPS) is 11.9. The van der Waals surface area contributed by atoms with E-state index in [0.717, 1.165) is 16.1 Å². The van der Waals surface area contributed by atoms with Crippen LogP contribution in [0.5, 0.6) is 0 Å². The number of Topliss-reactive ketones (excluding diaryl/α,β-unsaturated/α-hetero) is 1. The van der Waals surface area contributed by atoms with Gasteiger partial charge in [-0.15, -0.1) is 0 Å². The third-order valence-corrected chi connectivity index (χ3v) is 8.26. The summed E-state index contributed by atoms with van der Waals surface area (Å²) in [6.45, 7) is 3.08. The molecule has 1 N–H and O–H groups in total. The Morgan fingerprint density at radius 3 is 2.22 bits per heavy atom. The van der Waals surface area contributed by atoms with Crippen LogP contribution >= 0.6 is 23.2 Å². The van der Waals surface area contributed by atoms with Crippen LogP contribution in [0.25, 0.3) is 0 Å². The Morgan fingerprint density at radius 2 is 1.61 bits per heavy atom. The number of rotatable bonds is 13. The molecule has 0 aliphatic heterocycles. The maximum absolute atomic E-state index is 14.1. The van der Waals surface area contributed by atoms with Gasteiger partial charge in [0.25, 0.3) is 0 Å². The lowest BCUT2D eigenvalue weighted by atomic mass is 10.0. The predicted octanol–water partition coefficient (Wildman–Crippen LogP) is 5.13. The first-order valence-electron chi connectivity index (χ1n) is 13.0. The lowest BCUT2D eigenvalue weighted by Crippen LogP contribution is -2.53. The summed E-state index contributed by atoms with van der Waals surface area (Å²) in [7, 11) is -3.96. The van der Waals surface area contributed by atoms with E-state index in [0.29, 0.717) is 29.1 Å². The molecule has 0 fully saturated rings. The fourth-order valence-corrected chi connectivity index (χ4v) is 5.41. The molecule has 218 valence electrons. The zero-order chi connectivity index (χ0) is 30.2. The number of carbonyl (C=O) groups is 3. The van der Waals surface area contributed by atoms with E-state index in [1.165, 1.54) is 24.0 Å². The first-order valence-corrected chi connectivity index (χ1v) is 15.6. The van der Waals surface area contributed by atoms with Gasteiger partial charge in [0.2, 0.25) is 21.8 Å². The first kappa shape index (κ1) is 32.1. The second kappa shape index (κ2) is 14.5. The fraction of sp³-hybridized carbons (Fsp3) is 0.300. The summed E-state index contributed by atoms with van der Waals surface area (Å²) in [5.41, 5.74) is 1.90. The van der Waals surface area contributed by atoms with Crippen LogP contribution in [0.2, 0.25) is 10.0 Å². The van der Waals surface area contributed by atoms with Crippen LogP contribution in [-0.4, -0.2) is 56.3 Å². The second-order valence-electron chi connectivity index (χ2n) is 9.64. The summed E-state index contributed by atoms with van der Waals surface area (Å²) in [5.74, 6) is -1.22. The minimum Gasteiger partial charge on any atom is -0.354 e. The predicted molar refractivity (Wildman–Crippen MR) is 163 cm³/mol. The average molecular weight is 619 g/mol. The molecule has 0 spiro atoms. The van der Waals surface area contributed by atoms with Crippen LogP contribution in [0.4, 0.5) is 5.69 Å². The number of carbonyl (C=O) groups excluding carboxylic acids is 3. The Morgan fingerprint density at radius 1 is 0.902 bits per heavy atom. The van der Waals surface area contributed by atoms with Crippen LogP contribution in [-0.2, 0) is 32.6 Å². The molecule has 0 aliphatic carbocycles. The van der Waals surface area contributed by atoms with Gasteiger partial charge in [0, 0.05) is 25.1 Å². The molecule has 3 rings (SSSR count). The number of hydrogen-bond donors (Lipinski definition) is 1. The molecule has 0 unspecified atom stereocenters. The fourth-order valence-electron chi connectivity index (χ4n) is 4.25. The van der Waals surface area contributed by atoms with Gasteiger partial charge in [-0.05, 0) is 48.7 Å². The highest BCUT2D eigenvalue weighted by atomic mass is 35.5. The second-order valence-corrected chi connectivity index (χ2v) is 12.4. The molecule has 3 aromatic rings. The molecule has 0 saturated heterocycles. The van der Waals surface area contributed by atoms with Gasteiger partial charge in [0.15, 0.2) is 5.78 Å². The summed E-state index contributed by atoms with van der Waals surface area (Å²) in [6, 6.07) is 19.3. The number of hydrogen-bond acceptors (Lipinski definition) is 5. The first-order chi connectivity index (χ1) is 19.4. The highest BCUT2D eigenvalue weighted by molar-refractivity contribution is 7.92. The Labute approximate surface area is 251 Å². The largest absolute Gasteiger partial charge is 0.354 e. The minimum atomic E-state index is -3.96. The molecule has 0 bridgehead atoms. The average Bonchev–Trinajstić information content (AvgIpc) is 2.94. The van der Waals surface area contributed by atoms with Crippen LogP contribution in [0.15, 0.2) is 72.8 Å². The molecule has 3 aromatic carbocycles. The number of amides is 2. The summed E-state index contributed by atoms with van der Waals surface area (Å²) < 4.78 is 26.8. The van der Waals surface area contributed by atoms with E-state index < -0.39 is 28.5 Å². The SMILES string of the molecule is CCCNC(=O)[C@H](Cc1ccccc1)N(Cc1ccc(Cl)c(Cl)c1)C(=O)CN(c1cccc(C(C)=O)c1)S(C)(=O)=O. The van der Waals surface area contributed by atoms with Gasteiger partial charge in [-0.1, -0.05) is 78.7 Å². The molecule has 0 heterocycles. The monoisotopic (exact) mass is 617 g/mol. The zero-order valence-electron chi connectivity index (χ0n) is 23.1. The van der Waals surface area contributed by atoms with Crippen LogP contribution in [0, 0.1) is 0 Å². The minimum absolute atomic E-state index is 0.0299. The van der Waals surface area contributed by atoms with Gasteiger partial charge in [0.05, 0.1) is 22.0 Å². The molecule has 0 radical (unpaired) electrons. The Hall–Kier alpha value is -3.40. The molecule has 1 atom stereocenters. The number of halogens is 2. The van der Waals surface area contributed by atoms with Crippen LogP contribution in [0.3, 0.4) is 0 Å². The van der Waals surface area contributed by atoms with E-state index in [-0.39, 0.29) is 35.4 Å². The zero-order valence-corrected chi connectivity index (χ0v) is 25.5. The van der Waals surface area contributed by atoms with Gasteiger partial charge >= 0.3 is 0 Å².